The second kappa shape index (κ2) is 4.28. The number of benzene rings is 1. The van der Waals surface area contributed by atoms with Crippen LogP contribution in [0.2, 0.25) is 0 Å². The number of carbonyl (C=O) groups is 1. The van der Waals surface area contributed by atoms with Gasteiger partial charge in [-0.1, -0.05) is 12.1 Å². The van der Waals surface area contributed by atoms with Gasteiger partial charge in [0.25, 0.3) is 0 Å². The van der Waals surface area contributed by atoms with Crippen LogP contribution in [0.25, 0.3) is 22.3 Å². The van der Waals surface area contributed by atoms with Crippen LogP contribution in [0, 0.1) is 5.82 Å². The fourth-order valence-electron chi connectivity index (χ4n) is 2.19. The molecule has 2 aromatic heterocycles. The first kappa shape index (κ1) is 11.5. The molecule has 0 saturated heterocycles. The lowest BCUT2D eigenvalue weighted by molar-refractivity contribution is 0.112. The molecule has 0 aliphatic heterocycles. The van der Waals surface area contributed by atoms with Crippen LogP contribution in [0.1, 0.15) is 10.4 Å². The zero-order valence-corrected chi connectivity index (χ0v) is 10.2. The van der Waals surface area contributed by atoms with Gasteiger partial charge in [-0.3, -0.25) is 4.79 Å². The first-order valence-corrected chi connectivity index (χ1v) is 5.72. The van der Waals surface area contributed by atoms with Gasteiger partial charge < -0.3 is 4.57 Å². The fraction of sp³-hybridized carbons (Fsp3) is 0.0714. The van der Waals surface area contributed by atoms with Crippen LogP contribution < -0.4 is 0 Å². The molecule has 0 spiro atoms. The molecule has 3 aromatic rings. The highest BCUT2D eigenvalue weighted by atomic mass is 19.1. The summed E-state index contributed by atoms with van der Waals surface area (Å²) in [6.07, 6.45) is 3.86. The van der Waals surface area contributed by atoms with Crippen molar-refractivity contribution in [3.05, 3.63) is 48.2 Å². The topological polar surface area (TPSA) is 47.8 Å². The molecule has 0 bridgehead atoms. The standard InChI is InChI=1S/C14H10FN3O/c1-18-6-10(7-19)12-13(16-8-17-14(12)18)9-3-2-4-11(15)5-9/h2-8H,1H3. The molecule has 0 aliphatic carbocycles. The molecule has 0 fully saturated rings. The van der Waals surface area contributed by atoms with E-state index in [-0.39, 0.29) is 5.82 Å². The number of fused-ring (bicyclic) bond motifs is 1. The highest BCUT2D eigenvalue weighted by Crippen LogP contribution is 2.28. The van der Waals surface area contributed by atoms with Gasteiger partial charge in [-0.25, -0.2) is 14.4 Å². The van der Waals surface area contributed by atoms with E-state index < -0.39 is 0 Å². The minimum Gasteiger partial charge on any atom is -0.335 e. The number of aryl methyl sites for hydroxylation is 1. The average molecular weight is 255 g/mol. The summed E-state index contributed by atoms with van der Waals surface area (Å²) in [7, 11) is 1.80. The highest BCUT2D eigenvalue weighted by Gasteiger charge is 2.14. The summed E-state index contributed by atoms with van der Waals surface area (Å²) < 4.78 is 15.1. The number of aromatic nitrogens is 3. The molecule has 4 nitrogen and oxygen atoms in total. The average Bonchev–Trinajstić information content (AvgIpc) is 2.76. The van der Waals surface area contributed by atoms with E-state index in [2.05, 4.69) is 9.97 Å². The maximum atomic E-state index is 13.3. The Hall–Kier alpha value is -2.56. The number of nitrogens with zero attached hydrogens (tertiary/aromatic N) is 3. The van der Waals surface area contributed by atoms with Crippen molar-refractivity contribution in [3.63, 3.8) is 0 Å². The summed E-state index contributed by atoms with van der Waals surface area (Å²) in [6.45, 7) is 0. The van der Waals surface area contributed by atoms with E-state index in [4.69, 9.17) is 0 Å². The minimum absolute atomic E-state index is 0.340. The van der Waals surface area contributed by atoms with Crippen molar-refractivity contribution in [3.8, 4) is 11.3 Å². The molecule has 2 heterocycles. The third kappa shape index (κ3) is 1.79. The predicted molar refractivity (Wildman–Crippen MR) is 69.3 cm³/mol. The molecule has 0 N–H and O–H groups in total. The van der Waals surface area contributed by atoms with Gasteiger partial charge in [0.1, 0.15) is 17.8 Å². The van der Waals surface area contributed by atoms with Gasteiger partial charge in [0.15, 0.2) is 6.29 Å². The van der Waals surface area contributed by atoms with E-state index in [9.17, 15) is 9.18 Å². The van der Waals surface area contributed by atoms with Crippen molar-refractivity contribution in [1.29, 1.82) is 0 Å². The highest BCUT2D eigenvalue weighted by molar-refractivity contribution is 6.03. The second-order valence-corrected chi connectivity index (χ2v) is 4.24. The molecular weight excluding hydrogens is 245 g/mol. The van der Waals surface area contributed by atoms with Gasteiger partial charge >= 0.3 is 0 Å². The van der Waals surface area contributed by atoms with Gasteiger partial charge in [-0.15, -0.1) is 0 Å². The van der Waals surface area contributed by atoms with Crippen molar-refractivity contribution >= 4 is 17.3 Å². The smallest absolute Gasteiger partial charge is 0.152 e. The maximum Gasteiger partial charge on any atom is 0.152 e. The lowest BCUT2D eigenvalue weighted by atomic mass is 10.1. The normalized spacial score (nSPS) is 10.8. The van der Waals surface area contributed by atoms with Gasteiger partial charge in [0, 0.05) is 24.4 Å². The molecule has 0 aliphatic rings. The van der Waals surface area contributed by atoms with Crippen molar-refractivity contribution < 1.29 is 9.18 Å². The molecule has 94 valence electrons. The Morgan fingerprint density at radius 3 is 2.89 bits per heavy atom. The molecule has 19 heavy (non-hydrogen) atoms. The molecule has 0 saturated carbocycles. The third-order valence-corrected chi connectivity index (χ3v) is 3.01. The van der Waals surface area contributed by atoms with E-state index in [1.54, 1.807) is 29.9 Å². The largest absolute Gasteiger partial charge is 0.335 e. The molecule has 0 radical (unpaired) electrons. The lowest BCUT2D eigenvalue weighted by Crippen LogP contribution is -1.92. The fourth-order valence-corrected chi connectivity index (χ4v) is 2.19. The number of hydrogen-bond donors (Lipinski definition) is 0. The van der Waals surface area contributed by atoms with E-state index in [1.807, 2.05) is 0 Å². The Bertz CT molecular complexity index is 779. The van der Waals surface area contributed by atoms with E-state index in [0.717, 1.165) is 6.29 Å². The molecule has 5 heteroatoms. The van der Waals surface area contributed by atoms with Crippen molar-refractivity contribution in [2.75, 3.05) is 0 Å². The Labute approximate surface area is 108 Å². The minimum atomic E-state index is -0.340. The maximum absolute atomic E-state index is 13.3. The molecular formula is C14H10FN3O. The Kier molecular flexibility index (Phi) is 2.59. The van der Waals surface area contributed by atoms with Gasteiger partial charge in [-0.05, 0) is 12.1 Å². The van der Waals surface area contributed by atoms with Crippen LogP contribution in [0.5, 0.6) is 0 Å². The van der Waals surface area contributed by atoms with Crippen molar-refractivity contribution in [2.24, 2.45) is 7.05 Å². The van der Waals surface area contributed by atoms with Crippen molar-refractivity contribution in [2.45, 2.75) is 0 Å². The van der Waals surface area contributed by atoms with Crippen LogP contribution in [0.15, 0.2) is 36.8 Å². The zero-order chi connectivity index (χ0) is 13.4. The van der Waals surface area contributed by atoms with E-state index >= 15 is 0 Å². The summed E-state index contributed by atoms with van der Waals surface area (Å²) >= 11 is 0. The number of carbonyl (C=O) groups excluding carboxylic acids is 1. The summed E-state index contributed by atoms with van der Waals surface area (Å²) in [6, 6.07) is 6.13. The van der Waals surface area contributed by atoms with Gasteiger partial charge in [0.05, 0.1) is 11.1 Å². The van der Waals surface area contributed by atoms with Gasteiger partial charge in [-0.2, -0.15) is 0 Å². The molecule has 0 unspecified atom stereocenters. The monoisotopic (exact) mass is 255 g/mol. The number of halogens is 1. The van der Waals surface area contributed by atoms with Crippen LogP contribution in [-0.4, -0.2) is 20.8 Å². The summed E-state index contributed by atoms with van der Waals surface area (Å²) in [4.78, 5) is 19.5. The summed E-state index contributed by atoms with van der Waals surface area (Å²) in [5.74, 6) is -0.340. The third-order valence-electron chi connectivity index (χ3n) is 3.01. The van der Waals surface area contributed by atoms with Crippen LogP contribution in [0.3, 0.4) is 0 Å². The first-order valence-electron chi connectivity index (χ1n) is 5.72. The van der Waals surface area contributed by atoms with Crippen LogP contribution in [0.4, 0.5) is 4.39 Å². The Morgan fingerprint density at radius 2 is 2.16 bits per heavy atom. The zero-order valence-electron chi connectivity index (χ0n) is 10.2. The SMILES string of the molecule is Cn1cc(C=O)c2c(-c3cccc(F)c3)ncnc21. The molecule has 0 atom stereocenters. The van der Waals surface area contributed by atoms with Crippen LogP contribution >= 0.6 is 0 Å². The molecule has 3 rings (SSSR count). The number of aldehydes is 1. The number of rotatable bonds is 2. The van der Waals surface area contributed by atoms with Gasteiger partial charge in [0.2, 0.25) is 0 Å². The quantitative estimate of drug-likeness (QED) is 0.661. The lowest BCUT2D eigenvalue weighted by Gasteiger charge is -2.03. The summed E-state index contributed by atoms with van der Waals surface area (Å²) in [5, 5.41) is 0.644. The van der Waals surface area contributed by atoms with E-state index in [1.165, 1.54) is 18.5 Å². The molecule has 0 amide bonds. The Balaban J connectivity index is 2.38. The molecule has 1 aromatic carbocycles. The Morgan fingerprint density at radius 1 is 1.32 bits per heavy atom. The van der Waals surface area contributed by atoms with Crippen LogP contribution in [-0.2, 0) is 7.05 Å². The predicted octanol–water partition coefficient (Wildman–Crippen LogP) is 2.59. The number of hydrogen-bond acceptors (Lipinski definition) is 3. The second-order valence-electron chi connectivity index (χ2n) is 4.24. The first-order chi connectivity index (χ1) is 9.20. The summed E-state index contributed by atoms with van der Waals surface area (Å²) in [5.41, 5.74) is 2.34. The van der Waals surface area contributed by atoms with E-state index in [0.29, 0.717) is 27.9 Å². The van der Waals surface area contributed by atoms with Crippen molar-refractivity contribution in [1.82, 2.24) is 14.5 Å².